The number of hydrogen-bond donors (Lipinski definition) is 0. The van der Waals surface area contributed by atoms with Crippen molar-refractivity contribution >= 4 is 34.5 Å². The van der Waals surface area contributed by atoms with Gasteiger partial charge in [0, 0.05) is 9.13 Å². The summed E-state index contributed by atoms with van der Waals surface area (Å²) in [5.74, 6) is -0.0600. The molecule has 1 aliphatic heterocycles. The first-order valence-electron chi connectivity index (χ1n) is 4.87. The molecule has 0 spiro atoms. The molecule has 0 atom stereocenters. The van der Waals surface area contributed by atoms with Gasteiger partial charge in [-0.15, -0.1) is 0 Å². The minimum atomic E-state index is -0.404. The lowest BCUT2D eigenvalue weighted by molar-refractivity contribution is 0.0943. The Kier molecular flexibility index (Phi) is 3.42. The highest BCUT2D eigenvalue weighted by molar-refractivity contribution is 14.1. The molecule has 16 heavy (non-hydrogen) atoms. The van der Waals surface area contributed by atoms with Gasteiger partial charge < -0.3 is 4.74 Å². The van der Waals surface area contributed by atoms with Gasteiger partial charge in [-0.25, -0.2) is 4.79 Å². The van der Waals surface area contributed by atoms with Crippen molar-refractivity contribution in [3.05, 3.63) is 33.4 Å². The van der Waals surface area contributed by atoms with Crippen LogP contribution in [0, 0.1) is 3.57 Å². The first kappa shape index (κ1) is 11.4. The SMILES string of the molecule is O=C(CN1CCOC1=O)c1ccc(I)cc1. The van der Waals surface area contributed by atoms with Crippen molar-refractivity contribution in [1.82, 2.24) is 4.90 Å². The number of amides is 1. The lowest BCUT2D eigenvalue weighted by Crippen LogP contribution is -2.30. The standard InChI is InChI=1S/C11H10INO3/c12-9-3-1-8(2-4-9)10(14)7-13-5-6-16-11(13)15/h1-4H,5-7H2. The summed E-state index contributed by atoms with van der Waals surface area (Å²) in [5.41, 5.74) is 0.625. The highest BCUT2D eigenvalue weighted by Crippen LogP contribution is 2.10. The molecule has 0 aromatic heterocycles. The van der Waals surface area contributed by atoms with E-state index in [-0.39, 0.29) is 12.3 Å². The predicted octanol–water partition coefficient (Wildman–Crippen LogP) is 1.93. The van der Waals surface area contributed by atoms with E-state index in [2.05, 4.69) is 22.6 Å². The molecule has 1 aromatic rings. The van der Waals surface area contributed by atoms with E-state index < -0.39 is 6.09 Å². The molecule has 4 nitrogen and oxygen atoms in total. The summed E-state index contributed by atoms with van der Waals surface area (Å²) in [6, 6.07) is 7.28. The van der Waals surface area contributed by atoms with Crippen molar-refractivity contribution < 1.29 is 14.3 Å². The van der Waals surface area contributed by atoms with Gasteiger partial charge in [0.25, 0.3) is 0 Å². The summed E-state index contributed by atoms with van der Waals surface area (Å²) in [6.45, 7) is 0.965. The van der Waals surface area contributed by atoms with Gasteiger partial charge in [0.1, 0.15) is 6.61 Å². The predicted molar refractivity (Wildman–Crippen MR) is 66.4 cm³/mol. The van der Waals surface area contributed by atoms with E-state index in [0.29, 0.717) is 18.7 Å². The maximum atomic E-state index is 11.8. The zero-order valence-corrected chi connectivity index (χ0v) is 10.6. The number of ether oxygens (including phenoxy) is 1. The van der Waals surface area contributed by atoms with Crippen LogP contribution in [0.15, 0.2) is 24.3 Å². The maximum Gasteiger partial charge on any atom is 0.410 e. The summed E-state index contributed by atoms with van der Waals surface area (Å²) in [4.78, 5) is 24.4. The molecule has 1 aliphatic rings. The van der Waals surface area contributed by atoms with Gasteiger partial charge in [0.15, 0.2) is 5.78 Å². The molecular formula is C11H10INO3. The van der Waals surface area contributed by atoms with Crippen LogP contribution in [0.4, 0.5) is 4.79 Å². The molecular weight excluding hydrogens is 321 g/mol. The molecule has 0 N–H and O–H groups in total. The maximum absolute atomic E-state index is 11.8. The van der Waals surface area contributed by atoms with Gasteiger partial charge in [0.2, 0.25) is 0 Å². The van der Waals surface area contributed by atoms with Gasteiger partial charge in [-0.3, -0.25) is 9.69 Å². The van der Waals surface area contributed by atoms with Gasteiger partial charge in [-0.1, -0.05) is 12.1 Å². The average Bonchev–Trinajstić information content (AvgIpc) is 2.65. The Bertz CT molecular complexity index is 416. The molecule has 1 amide bonds. The second-order valence-electron chi connectivity index (χ2n) is 3.47. The number of nitrogens with zero attached hydrogens (tertiary/aromatic N) is 1. The fourth-order valence-electron chi connectivity index (χ4n) is 1.47. The minimum Gasteiger partial charge on any atom is -0.448 e. The van der Waals surface area contributed by atoms with Crippen LogP contribution in [0.3, 0.4) is 0 Å². The zero-order chi connectivity index (χ0) is 11.5. The smallest absolute Gasteiger partial charge is 0.410 e. The number of ketones is 1. The monoisotopic (exact) mass is 331 g/mol. The zero-order valence-electron chi connectivity index (χ0n) is 8.48. The normalized spacial score (nSPS) is 15.1. The molecule has 1 fully saturated rings. The van der Waals surface area contributed by atoms with E-state index in [0.717, 1.165) is 3.57 Å². The highest BCUT2D eigenvalue weighted by Gasteiger charge is 2.24. The highest BCUT2D eigenvalue weighted by atomic mass is 127. The Balaban J connectivity index is 2.02. The minimum absolute atomic E-state index is 0.0600. The van der Waals surface area contributed by atoms with Crippen LogP contribution in [-0.2, 0) is 4.74 Å². The third kappa shape index (κ3) is 2.52. The molecule has 1 aromatic carbocycles. The van der Waals surface area contributed by atoms with E-state index in [4.69, 9.17) is 4.74 Å². The van der Waals surface area contributed by atoms with Crippen LogP contribution in [0.25, 0.3) is 0 Å². The van der Waals surface area contributed by atoms with E-state index in [1.54, 1.807) is 12.1 Å². The molecule has 0 radical (unpaired) electrons. The van der Waals surface area contributed by atoms with E-state index in [1.165, 1.54) is 4.90 Å². The van der Waals surface area contributed by atoms with E-state index in [1.807, 2.05) is 12.1 Å². The van der Waals surface area contributed by atoms with Crippen molar-refractivity contribution in [2.45, 2.75) is 0 Å². The molecule has 0 bridgehead atoms. The van der Waals surface area contributed by atoms with Crippen LogP contribution in [0.2, 0.25) is 0 Å². The third-order valence-corrected chi connectivity index (χ3v) is 3.06. The first-order valence-corrected chi connectivity index (χ1v) is 5.95. The van der Waals surface area contributed by atoms with Crippen molar-refractivity contribution in [3.8, 4) is 0 Å². The number of benzene rings is 1. The Morgan fingerprint density at radius 1 is 1.38 bits per heavy atom. The van der Waals surface area contributed by atoms with E-state index >= 15 is 0 Å². The molecule has 5 heteroatoms. The fourth-order valence-corrected chi connectivity index (χ4v) is 1.83. The number of carbonyl (C=O) groups excluding carboxylic acids is 2. The van der Waals surface area contributed by atoms with Crippen LogP contribution >= 0.6 is 22.6 Å². The molecule has 0 unspecified atom stereocenters. The van der Waals surface area contributed by atoms with Crippen LogP contribution in [0.1, 0.15) is 10.4 Å². The Morgan fingerprint density at radius 2 is 2.06 bits per heavy atom. The van der Waals surface area contributed by atoms with Crippen molar-refractivity contribution in [2.75, 3.05) is 19.7 Å². The Labute approximate surface area is 107 Å². The number of hydrogen-bond acceptors (Lipinski definition) is 3. The lowest BCUT2D eigenvalue weighted by atomic mass is 10.1. The summed E-state index contributed by atoms with van der Waals surface area (Å²) >= 11 is 2.18. The molecule has 0 aliphatic carbocycles. The third-order valence-electron chi connectivity index (χ3n) is 2.35. The van der Waals surface area contributed by atoms with Gasteiger partial charge in [-0.05, 0) is 34.7 Å². The number of cyclic esters (lactones) is 1. The van der Waals surface area contributed by atoms with Crippen molar-refractivity contribution in [1.29, 1.82) is 0 Å². The van der Waals surface area contributed by atoms with Gasteiger partial charge in [0.05, 0.1) is 13.1 Å². The van der Waals surface area contributed by atoms with Crippen molar-refractivity contribution in [2.24, 2.45) is 0 Å². The lowest BCUT2D eigenvalue weighted by Gasteiger charge is -2.11. The van der Waals surface area contributed by atoms with Crippen LogP contribution in [-0.4, -0.2) is 36.5 Å². The number of rotatable bonds is 3. The second kappa shape index (κ2) is 4.82. The fraction of sp³-hybridized carbons (Fsp3) is 0.273. The van der Waals surface area contributed by atoms with Crippen LogP contribution < -0.4 is 0 Å². The number of halogens is 1. The molecule has 1 saturated heterocycles. The van der Waals surface area contributed by atoms with Crippen LogP contribution in [0.5, 0.6) is 0 Å². The molecule has 0 saturated carbocycles. The first-order chi connectivity index (χ1) is 7.66. The quantitative estimate of drug-likeness (QED) is 0.628. The summed E-state index contributed by atoms with van der Waals surface area (Å²) in [6.07, 6.45) is -0.404. The van der Waals surface area contributed by atoms with E-state index in [9.17, 15) is 9.59 Å². The molecule has 2 rings (SSSR count). The van der Waals surface area contributed by atoms with Gasteiger partial charge in [-0.2, -0.15) is 0 Å². The number of Topliss-reactive ketones (excluding diaryl/α,β-unsaturated/α-hetero) is 1. The largest absolute Gasteiger partial charge is 0.448 e. The Hall–Kier alpha value is -1.11. The summed E-state index contributed by atoms with van der Waals surface area (Å²) < 4.78 is 5.83. The molecule has 1 heterocycles. The summed E-state index contributed by atoms with van der Waals surface area (Å²) in [5, 5.41) is 0. The molecule has 84 valence electrons. The topological polar surface area (TPSA) is 46.6 Å². The number of carbonyl (C=O) groups is 2. The Morgan fingerprint density at radius 3 is 2.62 bits per heavy atom. The average molecular weight is 331 g/mol. The van der Waals surface area contributed by atoms with Crippen molar-refractivity contribution in [3.63, 3.8) is 0 Å². The second-order valence-corrected chi connectivity index (χ2v) is 4.71. The summed E-state index contributed by atoms with van der Waals surface area (Å²) in [7, 11) is 0. The van der Waals surface area contributed by atoms with Gasteiger partial charge >= 0.3 is 6.09 Å².